The molecule has 0 saturated carbocycles. The predicted octanol–water partition coefficient (Wildman–Crippen LogP) is 5.24. The molecule has 1 aromatic heterocycles. The summed E-state index contributed by atoms with van der Waals surface area (Å²) < 4.78 is 12.5. The molecule has 1 saturated heterocycles. The van der Waals surface area contributed by atoms with Crippen LogP contribution < -0.4 is 20.4 Å². The molecule has 5 rings (SSSR count). The molecule has 188 valence electrons. The Kier molecular flexibility index (Phi) is 8.19. The number of nitrogens with zero attached hydrogens (tertiary/aromatic N) is 5. The molecule has 0 bridgehead atoms. The Morgan fingerprint density at radius 3 is 2.43 bits per heavy atom. The third-order valence-electron chi connectivity index (χ3n) is 5.52. The molecule has 2 N–H and O–H groups in total. The van der Waals surface area contributed by atoms with Crippen molar-refractivity contribution in [2.45, 2.75) is 6.61 Å². The molecule has 0 radical (unpaired) electrons. The van der Waals surface area contributed by atoms with Gasteiger partial charge in [0, 0.05) is 28.8 Å². The summed E-state index contributed by atoms with van der Waals surface area (Å²) in [5.41, 5.74) is 5.73. The third kappa shape index (κ3) is 7.02. The number of ether oxygens (including phenoxy) is 2. The van der Waals surface area contributed by atoms with Crippen LogP contribution >= 0.6 is 15.9 Å². The molecule has 0 spiro atoms. The molecule has 1 aliphatic rings. The van der Waals surface area contributed by atoms with E-state index in [2.05, 4.69) is 51.6 Å². The molecule has 1 fully saturated rings. The fourth-order valence-corrected chi connectivity index (χ4v) is 4.05. The van der Waals surface area contributed by atoms with Crippen LogP contribution in [0.4, 0.5) is 23.5 Å². The number of benzene rings is 3. The third-order valence-corrected chi connectivity index (χ3v) is 6.02. The number of para-hydroxylation sites is 1. The van der Waals surface area contributed by atoms with E-state index in [-0.39, 0.29) is 0 Å². The molecule has 0 unspecified atom stereocenters. The minimum Gasteiger partial charge on any atom is -0.488 e. The maximum atomic E-state index is 6.06. The monoisotopic (exact) mass is 559 g/mol. The van der Waals surface area contributed by atoms with Crippen LogP contribution in [0.3, 0.4) is 0 Å². The number of anilines is 4. The van der Waals surface area contributed by atoms with Crippen molar-refractivity contribution in [3.8, 4) is 5.75 Å². The number of aromatic nitrogens is 3. The minimum atomic E-state index is 0.327. The summed E-state index contributed by atoms with van der Waals surface area (Å²) in [5, 5.41) is 7.65. The van der Waals surface area contributed by atoms with Crippen LogP contribution in [0.15, 0.2) is 88.4 Å². The van der Waals surface area contributed by atoms with Gasteiger partial charge in [-0.2, -0.15) is 20.1 Å². The summed E-state index contributed by atoms with van der Waals surface area (Å²) in [7, 11) is 0. The van der Waals surface area contributed by atoms with Gasteiger partial charge in [0.25, 0.3) is 0 Å². The van der Waals surface area contributed by atoms with Crippen LogP contribution in [0, 0.1) is 0 Å². The number of hydrogen-bond donors (Lipinski definition) is 2. The molecule has 10 heteroatoms. The van der Waals surface area contributed by atoms with Crippen molar-refractivity contribution in [3.63, 3.8) is 0 Å². The van der Waals surface area contributed by atoms with Crippen molar-refractivity contribution in [1.29, 1.82) is 0 Å². The fraction of sp³-hybridized carbons (Fsp3) is 0.185. The molecule has 0 amide bonds. The topological polar surface area (TPSA) is 96.8 Å². The summed E-state index contributed by atoms with van der Waals surface area (Å²) in [6.45, 7) is 3.13. The first-order valence-electron chi connectivity index (χ1n) is 11.9. The average molecular weight is 560 g/mol. The van der Waals surface area contributed by atoms with Crippen molar-refractivity contribution in [2.24, 2.45) is 5.10 Å². The van der Waals surface area contributed by atoms with E-state index in [4.69, 9.17) is 9.47 Å². The summed E-state index contributed by atoms with van der Waals surface area (Å²) in [6.07, 6.45) is 1.69. The number of nitrogens with one attached hydrogen (secondary N) is 2. The molecular formula is C27H26BrN7O2. The Hall–Kier alpha value is -4.02. The zero-order valence-corrected chi connectivity index (χ0v) is 21.6. The molecule has 0 aliphatic carbocycles. The fourth-order valence-electron chi connectivity index (χ4n) is 3.67. The first kappa shape index (κ1) is 24.7. The zero-order chi connectivity index (χ0) is 25.3. The molecule has 0 atom stereocenters. The van der Waals surface area contributed by atoms with E-state index in [1.165, 1.54) is 0 Å². The van der Waals surface area contributed by atoms with Gasteiger partial charge < -0.3 is 19.7 Å². The molecule has 9 nitrogen and oxygen atoms in total. The lowest BCUT2D eigenvalue weighted by Gasteiger charge is -2.27. The Morgan fingerprint density at radius 2 is 1.65 bits per heavy atom. The minimum absolute atomic E-state index is 0.327. The van der Waals surface area contributed by atoms with E-state index >= 15 is 0 Å². The van der Waals surface area contributed by atoms with Crippen LogP contribution in [-0.2, 0) is 11.3 Å². The number of hydrazone groups is 1. The maximum Gasteiger partial charge on any atom is 0.250 e. The lowest BCUT2D eigenvalue weighted by molar-refractivity contribution is 0.122. The van der Waals surface area contributed by atoms with Crippen molar-refractivity contribution < 1.29 is 9.47 Å². The van der Waals surface area contributed by atoms with Crippen LogP contribution in [0.5, 0.6) is 5.75 Å². The second-order valence-corrected chi connectivity index (χ2v) is 9.12. The summed E-state index contributed by atoms with van der Waals surface area (Å²) in [4.78, 5) is 15.8. The van der Waals surface area contributed by atoms with Gasteiger partial charge in [-0.25, -0.2) is 5.43 Å². The Labute approximate surface area is 223 Å². The average Bonchev–Trinajstić information content (AvgIpc) is 2.94. The second-order valence-electron chi connectivity index (χ2n) is 8.20. The maximum absolute atomic E-state index is 6.06. The van der Waals surface area contributed by atoms with Crippen molar-refractivity contribution in [3.05, 3.63) is 94.5 Å². The van der Waals surface area contributed by atoms with Gasteiger partial charge in [0.1, 0.15) is 12.4 Å². The lowest BCUT2D eigenvalue weighted by Crippen LogP contribution is -2.37. The summed E-state index contributed by atoms with van der Waals surface area (Å²) in [5.74, 6) is 2.03. The van der Waals surface area contributed by atoms with E-state index in [0.717, 1.165) is 21.3 Å². The smallest absolute Gasteiger partial charge is 0.250 e. The quantitative estimate of drug-likeness (QED) is 0.212. The number of morpholine rings is 1. The van der Waals surface area contributed by atoms with Gasteiger partial charge in [0.15, 0.2) is 0 Å². The van der Waals surface area contributed by atoms with Crippen LogP contribution in [-0.4, -0.2) is 47.5 Å². The highest BCUT2D eigenvalue weighted by Gasteiger charge is 2.17. The highest BCUT2D eigenvalue weighted by atomic mass is 79.9. The number of hydrogen-bond acceptors (Lipinski definition) is 9. The largest absolute Gasteiger partial charge is 0.488 e. The highest BCUT2D eigenvalue weighted by Crippen LogP contribution is 2.23. The van der Waals surface area contributed by atoms with Gasteiger partial charge in [-0.1, -0.05) is 64.5 Å². The second kappa shape index (κ2) is 12.3. The van der Waals surface area contributed by atoms with Gasteiger partial charge >= 0.3 is 0 Å². The van der Waals surface area contributed by atoms with Crippen molar-refractivity contribution >= 4 is 45.7 Å². The van der Waals surface area contributed by atoms with Crippen LogP contribution in [0.25, 0.3) is 0 Å². The molecule has 2 heterocycles. The first-order valence-corrected chi connectivity index (χ1v) is 12.7. The normalized spacial score (nSPS) is 13.5. The van der Waals surface area contributed by atoms with Crippen LogP contribution in [0.2, 0.25) is 0 Å². The Balaban J connectivity index is 1.34. The van der Waals surface area contributed by atoms with Crippen molar-refractivity contribution in [2.75, 3.05) is 41.9 Å². The van der Waals surface area contributed by atoms with E-state index < -0.39 is 0 Å². The Bertz CT molecular complexity index is 1330. The molecule has 37 heavy (non-hydrogen) atoms. The van der Waals surface area contributed by atoms with Gasteiger partial charge in [0.2, 0.25) is 17.8 Å². The van der Waals surface area contributed by atoms with Crippen LogP contribution in [0.1, 0.15) is 11.1 Å². The SMILES string of the molecule is Brc1ccc(OCc2ccccc2)c(/C=N/Nc2nc(Nc3ccccc3)nc(N3CCOCC3)n2)c1. The van der Waals surface area contributed by atoms with E-state index in [9.17, 15) is 0 Å². The summed E-state index contributed by atoms with van der Waals surface area (Å²) in [6, 6.07) is 25.6. The molecule has 4 aromatic rings. The first-order chi connectivity index (χ1) is 18.2. The predicted molar refractivity (Wildman–Crippen MR) is 149 cm³/mol. The molecule has 3 aromatic carbocycles. The van der Waals surface area contributed by atoms with E-state index in [0.29, 0.717) is 56.5 Å². The molecule has 1 aliphatic heterocycles. The summed E-state index contributed by atoms with van der Waals surface area (Å²) >= 11 is 3.53. The zero-order valence-electron chi connectivity index (χ0n) is 20.0. The Morgan fingerprint density at radius 1 is 0.919 bits per heavy atom. The molecular weight excluding hydrogens is 534 g/mol. The number of halogens is 1. The highest BCUT2D eigenvalue weighted by molar-refractivity contribution is 9.10. The lowest BCUT2D eigenvalue weighted by atomic mass is 10.2. The van der Waals surface area contributed by atoms with Gasteiger partial charge in [-0.3, -0.25) is 0 Å². The van der Waals surface area contributed by atoms with Gasteiger partial charge in [-0.05, 0) is 35.9 Å². The number of rotatable bonds is 9. The van der Waals surface area contributed by atoms with Crippen molar-refractivity contribution in [1.82, 2.24) is 15.0 Å². The van der Waals surface area contributed by atoms with E-state index in [1.54, 1.807) is 6.21 Å². The van der Waals surface area contributed by atoms with Gasteiger partial charge in [0.05, 0.1) is 19.4 Å². The van der Waals surface area contributed by atoms with E-state index in [1.807, 2.05) is 78.9 Å². The van der Waals surface area contributed by atoms with Gasteiger partial charge in [-0.15, -0.1) is 0 Å². The standard InChI is InChI=1S/C27H26BrN7O2/c28-22-11-12-24(37-19-20-7-3-1-4-8-20)21(17-22)18-29-34-26-31-25(30-23-9-5-2-6-10-23)32-27(33-26)35-13-15-36-16-14-35/h1-12,17-18H,13-16,19H2,(H2,30,31,32,33,34)/b29-18+.